The molecule has 2 atom stereocenters. The molecule has 3 nitrogen and oxygen atoms in total. The Morgan fingerprint density at radius 2 is 1.77 bits per heavy atom. The highest BCUT2D eigenvalue weighted by atomic mass is 16.5. The van der Waals surface area contributed by atoms with E-state index in [9.17, 15) is 0 Å². The Morgan fingerprint density at radius 1 is 1.00 bits per heavy atom. The average Bonchev–Trinajstić information content (AvgIpc) is 2.68. The summed E-state index contributed by atoms with van der Waals surface area (Å²) >= 11 is 0. The summed E-state index contributed by atoms with van der Waals surface area (Å²) in [5.41, 5.74) is 6.74. The van der Waals surface area contributed by atoms with Crippen LogP contribution in [0.15, 0.2) is 42.5 Å². The van der Waals surface area contributed by atoms with E-state index in [1.807, 2.05) is 6.07 Å². The topological polar surface area (TPSA) is 30.5 Å². The molecular formula is C23H29NO2. The Hall–Kier alpha value is -2.26. The van der Waals surface area contributed by atoms with E-state index in [4.69, 9.17) is 9.47 Å². The highest BCUT2D eigenvalue weighted by molar-refractivity contribution is 5.70. The van der Waals surface area contributed by atoms with Crippen LogP contribution < -0.4 is 14.8 Å². The minimum Gasteiger partial charge on any atom is -0.493 e. The molecule has 3 heteroatoms. The molecule has 0 spiro atoms. The van der Waals surface area contributed by atoms with Crippen LogP contribution in [0.4, 0.5) is 0 Å². The number of benzene rings is 2. The Bertz CT molecular complexity index is 810. The van der Waals surface area contributed by atoms with Crippen LogP contribution in [0.1, 0.15) is 41.5 Å². The monoisotopic (exact) mass is 351 g/mol. The van der Waals surface area contributed by atoms with Crippen LogP contribution in [0.2, 0.25) is 0 Å². The van der Waals surface area contributed by atoms with Gasteiger partial charge in [-0.1, -0.05) is 42.8 Å². The zero-order valence-corrected chi connectivity index (χ0v) is 16.4. The first-order valence-electron chi connectivity index (χ1n) is 9.27. The molecule has 1 aliphatic rings. The molecule has 2 aromatic rings. The van der Waals surface area contributed by atoms with Crippen LogP contribution in [0, 0.1) is 13.8 Å². The summed E-state index contributed by atoms with van der Waals surface area (Å²) in [5.74, 6) is 1.90. The van der Waals surface area contributed by atoms with E-state index in [-0.39, 0.29) is 0 Å². The summed E-state index contributed by atoms with van der Waals surface area (Å²) in [6.45, 7) is 7.63. The Morgan fingerprint density at radius 3 is 2.50 bits per heavy atom. The quantitative estimate of drug-likeness (QED) is 0.834. The SMILES string of the molecule is COc1ccc(C(C)C2C=C(c3cc(C)ccc3C)CCN2)cc1OC. The molecule has 0 aliphatic carbocycles. The molecule has 0 fully saturated rings. The normalized spacial score (nSPS) is 18.2. The fraction of sp³-hybridized carbons (Fsp3) is 0.391. The minimum atomic E-state index is 0.303. The van der Waals surface area contributed by atoms with Crippen LogP contribution in [0.3, 0.4) is 0 Å². The standard InChI is InChI=1S/C23H29NO2/c1-15-6-7-16(2)20(12-15)19-10-11-24-21(13-19)17(3)18-8-9-22(25-4)23(14-18)26-5/h6-9,12-14,17,21,24H,10-11H2,1-5H3. The van der Waals surface area contributed by atoms with Crippen LogP contribution in [-0.2, 0) is 0 Å². The lowest BCUT2D eigenvalue weighted by Crippen LogP contribution is -2.36. The molecule has 3 rings (SSSR count). The second kappa shape index (κ2) is 7.96. The molecular weight excluding hydrogens is 322 g/mol. The summed E-state index contributed by atoms with van der Waals surface area (Å²) < 4.78 is 10.8. The third kappa shape index (κ3) is 3.78. The number of hydrogen-bond donors (Lipinski definition) is 1. The van der Waals surface area contributed by atoms with Crippen molar-refractivity contribution in [1.29, 1.82) is 0 Å². The lowest BCUT2D eigenvalue weighted by atomic mass is 9.86. The maximum absolute atomic E-state index is 5.47. The zero-order chi connectivity index (χ0) is 18.7. The van der Waals surface area contributed by atoms with E-state index in [2.05, 4.69) is 62.5 Å². The van der Waals surface area contributed by atoms with Gasteiger partial charge in [-0.25, -0.2) is 0 Å². The van der Waals surface area contributed by atoms with E-state index in [1.165, 1.54) is 27.8 Å². The first kappa shape index (κ1) is 18.5. The van der Waals surface area contributed by atoms with E-state index in [0.717, 1.165) is 24.5 Å². The van der Waals surface area contributed by atoms with E-state index in [0.29, 0.717) is 12.0 Å². The fourth-order valence-electron chi connectivity index (χ4n) is 3.70. The van der Waals surface area contributed by atoms with Gasteiger partial charge < -0.3 is 14.8 Å². The van der Waals surface area contributed by atoms with Gasteiger partial charge in [-0.05, 0) is 61.2 Å². The van der Waals surface area contributed by atoms with Crippen molar-refractivity contribution < 1.29 is 9.47 Å². The summed E-state index contributed by atoms with van der Waals surface area (Å²) in [7, 11) is 3.35. The second-order valence-corrected chi connectivity index (χ2v) is 7.14. The van der Waals surface area contributed by atoms with Gasteiger partial charge in [0.2, 0.25) is 0 Å². The van der Waals surface area contributed by atoms with Gasteiger partial charge in [-0.2, -0.15) is 0 Å². The molecule has 1 aliphatic heterocycles. The summed E-state index contributed by atoms with van der Waals surface area (Å²) in [5, 5.41) is 3.67. The van der Waals surface area contributed by atoms with Gasteiger partial charge in [-0.15, -0.1) is 0 Å². The molecule has 0 saturated heterocycles. The maximum Gasteiger partial charge on any atom is 0.160 e. The van der Waals surface area contributed by atoms with Gasteiger partial charge in [0, 0.05) is 12.0 Å². The number of rotatable bonds is 5. The largest absolute Gasteiger partial charge is 0.493 e. The Kier molecular flexibility index (Phi) is 5.67. The van der Waals surface area contributed by atoms with Crippen molar-refractivity contribution in [1.82, 2.24) is 5.32 Å². The van der Waals surface area contributed by atoms with Crippen molar-refractivity contribution in [3.63, 3.8) is 0 Å². The molecule has 1 N–H and O–H groups in total. The van der Waals surface area contributed by atoms with Gasteiger partial charge in [-0.3, -0.25) is 0 Å². The van der Waals surface area contributed by atoms with Crippen molar-refractivity contribution in [2.24, 2.45) is 0 Å². The van der Waals surface area contributed by atoms with Gasteiger partial charge in [0.05, 0.1) is 14.2 Å². The smallest absolute Gasteiger partial charge is 0.160 e. The van der Waals surface area contributed by atoms with Gasteiger partial charge in [0.25, 0.3) is 0 Å². The first-order valence-corrected chi connectivity index (χ1v) is 9.27. The lowest BCUT2D eigenvalue weighted by molar-refractivity contribution is 0.354. The van der Waals surface area contributed by atoms with Crippen molar-refractivity contribution in [2.45, 2.75) is 39.2 Å². The van der Waals surface area contributed by atoms with E-state index >= 15 is 0 Å². The fourth-order valence-corrected chi connectivity index (χ4v) is 3.70. The zero-order valence-electron chi connectivity index (χ0n) is 16.4. The molecule has 0 radical (unpaired) electrons. The molecule has 138 valence electrons. The van der Waals surface area contributed by atoms with Crippen molar-refractivity contribution in [3.05, 3.63) is 64.7 Å². The number of hydrogen-bond acceptors (Lipinski definition) is 3. The maximum atomic E-state index is 5.47. The van der Waals surface area contributed by atoms with Crippen molar-refractivity contribution in [3.8, 4) is 11.5 Å². The predicted molar refractivity (Wildman–Crippen MR) is 108 cm³/mol. The molecule has 26 heavy (non-hydrogen) atoms. The summed E-state index contributed by atoms with van der Waals surface area (Å²) in [4.78, 5) is 0. The third-order valence-electron chi connectivity index (χ3n) is 5.37. The van der Waals surface area contributed by atoms with Crippen LogP contribution in [0.5, 0.6) is 11.5 Å². The first-order chi connectivity index (χ1) is 12.5. The number of methoxy groups -OCH3 is 2. The summed E-state index contributed by atoms with van der Waals surface area (Å²) in [6.07, 6.45) is 3.48. The van der Waals surface area contributed by atoms with Crippen molar-refractivity contribution in [2.75, 3.05) is 20.8 Å². The average molecular weight is 351 g/mol. The summed E-state index contributed by atoms with van der Waals surface area (Å²) in [6, 6.07) is 13.2. The van der Waals surface area contributed by atoms with Crippen molar-refractivity contribution >= 4 is 5.57 Å². The van der Waals surface area contributed by atoms with Crippen LogP contribution in [0.25, 0.3) is 5.57 Å². The van der Waals surface area contributed by atoms with E-state index < -0.39 is 0 Å². The van der Waals surface area contributed by atoms with Gasteiger partial charge in [0.15, 0.2) is 11.5 Å². The molecule has 2 aromatic carbocycles. The second-order valence-electron chi connectivity index (χ2n) is 7.14. The van der Waals surface area contributed by atoms with Crippen LogP contribution in [-0.4, -0.2) is 26.8 Å². The highest BCUT2D eigenvalue weighted by Gasteiger charge is 2.22. The number of ether oxygens (including phenoxy) is 2. The highest BCUT2D eigenvalue weighted by Crippen LogP contribution is 2.34. The van der Waals surface area contributed by atoms with Gasteiger partial charge in [0.1, 0.15) is 0 Å². The Balaban J connectivity index is 1.90. The predicted octanol–water partition coefficient (Wildman–Crippen LogP) is 4.87. The molecule has 0 bridgehead atoms. The lowest BCUT2D eigenvalue weighted by Gasteiger charge is -2.29. The number of aryl methyl sites for hydroxylation is 2. The number of nitrogens with one attached hydrogen (secondary N) is 1. The molecule has 0 saturated carbocycles. The van der Waals surface area contributed by atoms with E-state index in [1.54, 1.807) is 14.2 Å². The molecule has 0 amide bonds. The molecule has 2 unspecified atom stereocenters. The third-order valence-corrected chi connectivity index (χ3v) is 5.37. The minimum absolute atomic E-state index is 0.303. The Labute approximate surface area is 157 Å². The van der Waals surface area contributed by atoms with Gasteiger partial charge >= 0.3 is 0 Å². The molecule has 1 heterocycles. The molecule has 0 aromatic heterocycles. The van der Waals surface area contributed by atoms with Crippen LogP contribution >= 0.6 is 0 Å².